The molecule has 0 aliphatic rings. The molecule has 2 rings (SSSR count). The molecule has 3 N–H and O–H groups in total. The molecule has 2 atom stereocenters. The van der Waals surface area contributed by atoms with Crippen LogP contribution in [0.2, 0.25) is 5.02 Å². The molecule has 0 saturated heterocycles. The van der Waals surface area contributed by atoms with Crippen molar-refractivity contribution in [2.75, 3.05) is 13.2 Å². The molecule has 0 aliphatic heterocycles. The SMILES string of the molecule is CCOC(=O)C(C)(C)Oc1ccc(CCN[C@H](C)[C@H](O)c2ccc(O)cc2)c(Cl)c1. The Morgan fingerprint density at radius 3 is 2.47 bits per heavy atom. The number of rotatable bonds is 10. The van der Waals surface area contributed by atoms with E-state index in [-0.39, 0.29) is 18.4 Å². The zero-order valence-electron chi connectivity index (χ0n) is 17.8. The molecule has 6 nitrogen and oxygen atoms in total. The van der Waals surface area contributed by atoms with E-state index in [0.717, 1.165) is 11.1 Å². The van der Waals surface area contributed by atoms with E-state index in [0.29, 0.717) is 23.7 Å². The Kier molecular flexibility index (Phi) is 8.53. The van der Waals surface area contributed by atoms with Crippen LogP contribution in [0.5, 0.6) is 11.5 Å². The first-order valence-electron chi connectivity index (χ1n) is 9.99. The topological polar surface area (TPSA) is 88.0 Å². The molecular formula is C23H30ClNO5. The second kappa shape index (κ2) is 10.7. The standard InChI is InChI=1S/C23H30ClNO5/c1-5-29-22(28)23(3,4)30-19-11-8-16(20(24)14-19)12-13-25-15(2)21(27)17-6-9-18(26)10-7-17/h6-11,14-15,21,25-27H,5,12-13H2,1-4H3/t15-,21+/m1/s1. The number of nitrogens with one attached hydrogen (secondary N) is 1. The van der Waals surface area contributed by atoms with E-state index in [4.69, 9.17) is 21.1 Å². The lowest BCUT2D eigenvalue weighted by molar-refractivity contribution is -0.158. The molecule has 2 aromatic carbocycles. The molecule has 164 valence electrons. The predicted octanol–water partition coefficient (Wildman–Crippen LogP) is 4.02. The first kappa shape index (κ1) is 24.0. The van der Waals surface area contributed by atoms with E-state index in [1.54, 1.807) is 57.2 Å². The first-order valence-corrected chi connectivity index (χ1v) is 10.4. The second-order valence-electron chi connectivity index (χ2n) is 7.62. The number of carbonyl (C=O) groups excluding carboxylic acids is 1. The van der Waals surface area contributed by atoms with Crippen LogP contribution in [0.4, 0.5) is 0 Å². The second-order valence-corrected chi connectivity index (χ2v) is 8.02. The lowest BCUT2D eigenvalue weighted by Gasteiger charge is -2.24. The van der Waals surface area contributed by atoms with E-state index >= 15 is 0 Å². The zero-order chi connectivity index (χ0) is 22.3. The first-order chi connectivity index (χ1) is 14.1. The van der Waals surface area contributed by atoms with Crippen molar-refractivity contribution in [3.05, 3.63) is 58.6 Å². The van der Waals surface area contributed by atoms with Gasteiger partial charge >= 0.3 is 5.97 Å². The van der Waals surface area contributed by atoms with Crippen molar-refractivity contribution in [1.82, 2.24) is 5.32 Å². The fourth-order valence-electron chi connectivity index (χ4n) is 2.94. The quantitative estimate of drug-likeness (QED) is 0.488. The fourth-order valence-corrected chi connectivity index (χ4v) is 3.21. The van der Waals surface area contributed by atoms with Crippen LogP contribution in [0.15, 0.2) is 42.5 Å². The van der Waals surface area contributed by atoms with Crippen molar-refractivity contribution in [1.29, 1.82) is 0 Å². The van der Waals surface area contributed by atoms with Gasteiger partial charge in [-0.2, -0.15) is 0 Å². The van der Waals surface area contributed by atoms with Crippen molar-refractivity contribution in [3.63, 3.8) is 0 Å². The summed E-state index contributed by atoms with van der Waals surface area (Å²) in [6.45, 7) is 7.85. The summed E-state index contributed by atoms with van der Waals surface area (Å²) in [5.74, 6) is 0.223. The molecule has 0 fully saturated rings. The molecule has 0 amide bonds. The van der Waals surface area contributed by atoms with Crippen LogP contribution in [0.3, 0.4) is 0 Å². The van der Waals surface area contributed by atoms with Crippen molar-refractivity contribution in [2.45, 2.75) is 51.9 Å². The Bertz CT molecular complexity index is 838. The molecule has 0 radical (unpaired) electrons. The molecule has 7 heteroatoms. The molecule has 30 heavy (non-hydrogen) atoms. The highest BCUT2D eigenvalue weighted by Gasteiger charge is 2.31. The van der Waals surface area contributed by atoms with Crippen LogP contribution in [0, 0.1) is 0 Å². The minimum Gasteiger partial charge on any atom is -0.508 e. The van der Waals surface area contributed by atoms with E-state index in [1.807, 2.05) is 13.0 Å². The van der Waals surface area contributed by atoms with Gasteiger partial charge in [-0.1, -0.05) is 29.8 Å². The predicted molar refractivity (Wildman–Crippen MR) is 117 cm³/mol. The van der Waals surface area contributed by atoms with Gasteiger partial charge in [0.25, 0.3) is 0 Å². The largest absolute Gasteiger partial charge is 0.508 e. The average molecular weight is 436 g/mol. The number of aromatic hydroxyl groups is 1. The van der Waals surface area contributed by atoms with Crippen molar-refractivity contribution in [2.24, 2.45) is 0 Å². The lowest BCUT2D eigenvalue weighted by Crippen LogP contribution is -2.39. The minimum atomic E-state index is -1.11. The van der Waals surface area contributed by atoms with Gasteiger partial charge < -0.3 is 25.0 Å². The maximum Gasteiger partial charge on any atom is 0.349 e. The Hall–Kier alpha value is -2.28. The normalized spacial score (nSPS) is 13.5. The Morgan fingerprint density at radius 1 is 1.20 bits per heavy atom. The maximum absolute atomic E-state index is 12.0. The van der Waals surface area contributed by atoms with Crippen LogP contribution in [-0.2, 0) is 16.0 Å². The smallest absolute Gasteiger partial charge is 0.349 e. The Labute approximate surface area is 182 Å². The van der Waals surface area contributed by atoms with Gasteiger partial charge in [-0.05, 0) is 76.1 Å². The van der Waals surface area contributed by atoms with Gasteiger partial charge in [0.1, 0.15) is 11.5 Å². The van der Waals surface area contributed by atoms with Gasteiger partial charge in [0.2, 0.25) is 0 Å². The van der Waals surface area contributed by atoms with Crippen LogP contribution in [0.1, 0.15) is 44.9 Å². The minimum absolute atomic E-state index is 0.166. The van der Waals surface area contributed by atoms with Gasteiger partial charge in [-0.3, -0.25) is 0 Å². The number of benzene rings is 2. The van der Waals surface area contributed by atoms with Gasteiger partial charge in [0, 0.05) is 11.1 Å². The maximum atomic E-state index is 12.0. The zero-order valence-corrected chi connectivity index (χ0v) is 18.6. The number of esters is 1. The number of phenolic OH excluding ortho intramolecular Hbond substituents is 1. The molecule has 0 spiro atoms. The average Bonchev–Trinajstić information content (AvgIpc) is 2.69. The van der Waals surface area contributed by atoms with E-state index < -0.39 is 17.7 Å². The number of phenols is 1. The molecule has 0 unspecified atom stereocenters. The Balaban J connectivity index is 1.90. The summed E-state index contributed by atoms with van der Waals surface area (Å²) in [5.41, 5.74) is 0.552. The van der Waals surface area contributed by atoms with E-state index in [2.05, 4.69) is 5.32 Å². The van der Waals surface area contributed by atoms with Crippen molar-refractivity contribution < 1.29 is 24.5 Å². The molecule has 0 bridgehead atoms. The molecule has 0 aliphatic carbocycles. The van der Waals surface area contributed by atoms with Gasteiger partial charge in [0.15, 0.2) is 5.60 Å². The van der Waals surface area contributed by atoms with Crippen LogP contribution in [0.25, 0.3) is 0 Å². The molecule has 0 heterocycles. The van der Waals surface area contributed by atoms with Crippen LogP contribution < -0.4 is 10.1 Å². The van der Waals surface area contributed by atoms with Gasteiger partial charge in [-0.15, -0.1) is 0 Å². The summed E-state index contributed by atoms with van der Waals surface area (Å²) in [6, 6.07) is 11.7. The number of halogens is 1. The molecule has 0 aromatic heterocycles. The summed E-state index contributed by atoms with van der Waals surface area (Å²) in [6.07, 6.45) is -0.0329. The molecular weight excluding hydrogens is 406 g/mol. The van der Waals surface area contributed by atoms with Gasteiger partial charge in [0.05, 0.1) is 12.7 Å². The number of aliphatic hydroxyl groups excluding tert-OH is 1. The third-order valence-electron chi connectivity index (χ3n) is 4.73. The fraction of sp³-hybridized carbons (Fsp3) is 0.435. The number of hydrogen-bond acceptors (Lipinski definition) is 6. The number of aliphatic hydroxyl groups is 1. The van der Waals surface area contributed by atoms with E-state index in [1.165, 1.54) is 0 Å². The van der Waals surface area contributed by atoms with Gasteiger partial charge in [-0.25, -0.2) is 4.79 Å². The number of hydrogen-bond donors (Lipinski definition) is 3. The summed E-state index contributed by atoms with van der Waals surface area (Å²) >= 11 is 6.39. The molecule has 0 saturated carbocycles. The third kappa shape index (κ3) is 6.62. The highest BCUT2D eigenvalue weighted by Crippen LogP contribution is 2.26. The summed E-state index contributed by atoms with van der Waals surface area (Å²) in [7, 11) is 0. The number of ether oxygens (including phenoxy) is 2. The third-order valence-corrected chi connectivity index (χ3v) is 5.09. The van der Waals surface area contributed by atoms with E-state index in [9.17, 15) is 15.0 Å². The highest BCUT2D eigenvalue weighted by molar-refractivity contribution is 6.31. The molecule has 2 aromatic rings. The summed E-state index contributed by atoms with van der Waals surface area (Å²) in [4.78, 5) is 12.0. The van der Waals surface area contributed by atoms with Crippen molar-refractivity contribution in [3.8, 4) is 11.5 Å². The van der Waals surface area contributed by atoms with Crippen molar-refractivity contribution >= 4 is 17.6 Å². The van der Waals surface area contributed by atoms with Crippen LogP contribution >= 0.6 is 11.6 Å². The van der Waals surface area contributed by atoms with Crippen LogP contribution in [-0.4, -0.2) is 41.0 Å². The lowest BCUT2D eigenvalue weighted by atomic mass is 10.0. The summed E-state index contributed by atoms with van der Waals surface area (Å²) < 4.78 is 10.8. The highest BCUT2D eigenvalue weighted by atomic mass is 35.5. The Morgan fingerprint density at radius 2 is 1.87 bits per heavy atom. The summed E-state index contributed by atoms with van der Waals surface area (Å²) in [5, 5.41) is 23.6. The monoisotopic (exact) mass is 435 g/mol. The number of carbonyl (C=O) groups is 1.